The predicted octanol–water partition coefficient (Wildman–Crippen LogP) is 4.85. The zero-order valence-corrected chi connectivity index (χ0v) is 17.7. The van der Waals surface area contributed by atoms with Gasteiger partial charge in [0.2, 0.25) is 5.91 Å². The molecular formula is C24H20FN3O2S. The number of nitrogens with one attached hydrogen (secondary N) is 1. The average molecular weight is 434 g/mol. The number of aromatic amines is 1. The van der Waals surface area contributed by atoms with E-state index in [2.05, 4.69) is 9.97 Å². The van der Waals surface area contributed by atoms with Gasteiger partial charge in [0.05, 0.1) is 17.4 Å². The second kappa shape index (κ2) is 9.06. The Labute approximate surface area is 182 Å². The van der Waals surface area contributed by atoms with E-state index in [0.29, 0.717) is 28.8 Å². The first-order valence-electron chi connectivity index (χ1n) is 9.85. The quantitative estimate of drug-likeness (QED) is 0.442. The van der Waals surface area contributed by atoms with Crippen LogP contribution in [0.15, 0.2) is 71.5 Å². The number of para-hydroxylation sites is 1. The molecule has 31 heavy (non-hydrogen) atoms. The van der Waals surface area contributed by atoms with Crippen molar-refractivity contribution >= 4 is 34.2 Å². The van der Waals surface area contributed by atoms with Crippen LogP contribution in [0.25, 0.3) is 27.4 Å². The van der Waals surface area contributed by atoms with Crippen LogP contribution in [0.5, 0.6) is 0 Å². The highest BCUT2D eigenvalue weighted by atomic mass is 32.1. The number of thiophene rings is 1. The molecule has 0 saturated heterocycles. The molecule has 0 aliphatic carbocycles. The fourth-order valence-corrected chi connectivity index (χ4v) is 4.18. The molecule has 5 nitrogen and oxygen atoms in total. The lowest BCUT2D eigenvalue weighted by molar-refractivity contribution is -0.126. The summed E-state index contributed by atoms with van der Waals surface area (Å²) in [6, 6.07) is 17.4. The number of carbonyl (C=O) groups excluding carboxylic acids is 1. The normalized spacial score (nSPS) is 11.3. The Hall–Kier alpha value is -3.58. The Kier molecular flexibility index (Phi) is 6.04. The number of likely N-dealkylation sites (N-methyl/N-ethyl adjacent to an activating group) is 1. The average Bonchev–Trinajstić information content (AvgIpc) is 3.25. The second-order valence-corrected chi connectivity index (χ2v) is 8.01. The maximum atomic E-state index is 14.0. The summed E-state index contributed by atoms with van der Waals surface area (Å²) in [7, 11) is 0. The summed E-state index contributed by atoms with van der Waals surface area (Å²) < 4.78 is 14.0. The molecule has 156 valence electrons. The van der Waals surface area contributed by atoms with Gasteiger partial charge in [-0.25, -0.2) is 9.37 Å². The highest BCUT2D eigenvalue weighted by Crippen LogP contribution is 2.30. The van der Waals surface area contributed by atoms with Crippen LogP contribution in [0.1, 0.15) is 17.6 Å². The van der Waals surface area contributed by atoms with Crippen molar-refractivity contribution in [2.45, 2.75) is 13.5 Å². The molecule has 0 aliphatic rings. The van der Waals surface area contributed by atoms with Crippen molar-refractivity contribution in [1.82, 2.24) is 14.9 Å². The maximum absolute atomic E-state index is 14.0. The van der Waals surface area contributed by atoms with Crippen LogP contribution in [0.4, 0.5) is 4.39 Å². The van der Waals surface area contributed by atoms with Gasteiger partial charge >= 0.3 is 0 Å². The minimum Gasteiger partial charge on any atom is -0.332 e. The van der Waals surface area contributed by atoms with Crippen LogP contribution in [-0.2, 0) is 11.3 Å². The lowest BCUT2D eigenvalue weighted by atomic mass is 10.2. The Morgan fingerprint density at radius 3 is 2.71 bits per heavy atom. The molecule has 2 aromatic heterocycles. The summed E-state index contributed by atoms with van der Waals surface area (Å²) in [4.78, 5) is 35.4. The van der Waals surface area contributed by atoms with Gasteiger partial charge in [0, 0.05) is 27.9 Å². The molecule has 0 saturated carbocycles. The van der Waals surface area contributed by atoms with Crippen LogP contribution < -0.4 is 5.56 Å². The molecule has 4 rings (SSSR count). The molecule has 1 amide bonds. The van der Waals surface area contributed by atoms with Crippen molar-refractivity contribution in [1.29, 1.82) is 0 Å². The molecule has 0 fully saturated rings. The number of aromatic nitrogens is 2. The lowest BCUT2D eigenvalue weighted by Gasteiger charge is -2.18. The first kappa shape index (κ1) is 20.7. The largest absolute Gasteiger partial charge is 0.332 e. The van der Waals surface area contributed by atoms with Gasteiger partial charge in [0.25, 0.3) is 5.56 Å². The van der Waals surface area contributed by atoms with Crippen LogP contribution >= 0.6 is 11.3 Å². The third-order valence-corrected chi connectivity index (χ3v) is 5.94. The molecule has 4 aromatic rings. The van der Waals surface area contributed by atoms with Crippen molar-refractivity contribution in [3.8, 4) is 10.4 Å². The zero-order valence-electron chi connectivity index (χ0n) is 16.8. The fourth-order valence-electron chi connectivity index (χ4n) is 3.24. The molecule has 7 heteroatoms. The summed E-state index contributed by atoms with van der Waals surface area (Å²) in [5, 5.41) is 0.517. The monoisotopic (exact) mass is 433 g/mol. The number of carbonyl (C=O) groups is 1. The van der Waals surface area contributed by atoms with E-state index in [1.807, 2.05) is 25.1 Å². The number of rotatable bonds is 6. The Balaban J connectivity index is 1.49. The number of fused-ring (bicyclic) bond motifs is 1. The third-order valence-electron chi connectivity index (χ3n) is 4.85. The van der Waals surface area contributed by atoms with Crippen molar-refractivity contribution in [2.24, 2.45) is 0 Å². The highest BCUT2D eigenvalue weighted by molar-refractivity contribution is 7.16. The number of benzene rings is 2. The summed E-state index contributed by atoms with van der Waals surface area (Å²) in [6.45, 7) is 2.53. The maximum Gasteiger partial charge on any atom is 0.258 e. The molecule has 2 aromatic carbocycles. The first-order valence-corrected chi connectivity index (χ1v) is 10.7. The van der Waals surface area contributed by atoms with Gasteiger partial charge in [0.1, 0.15) is 11.6 Å². The van der Waals surface area contributed by atoms with E-state index in [1.165, 1.54) is 23.5 Å². The Morgan fingerprint density at radius 2 is 1.90 bits per heavy atom. The number of hydrogen-bond donors (Lipinski definition) is 1. The van der Waals surface area contributed by atoms with E-state index in [4.69, 9.17) is 0 Å². The van der Waals surface area contributed by atoms with Gasteiger partial charge in [-0.2, -0.15) is 0 Å². The van der Waals surface area contributed by atoms with Crippen molar-refractivity contribution < 1.29 is 9.18 Å². The number of H-pyrrole nitrogens is 1. The standard InChI is InChI=1S/C24H20FN3O2S/c1-2-28(15-22-26-20-10-6-4-8-18(20)24(30)27-22)23(29)14-12-16-11-13-21(31-16)17-7-3-5-9-19(17)25/h3-14H,2,15H2,1H3,(H,26,27,30). The van der Waals surface area contributed by atoms with Gasteiger partial charge in [-0.3, -0.25) is 9.59 Å². The van der Waals surface area contributed by atoms with Crippen LogP contribution in [0.3, 0.4) is 0 Å². The summed E-state index contributed by atoms with van der Waals surface area (Å²) >= 11 is 1.41. The molecule has 0 radical (unpaired) electrons. The van der Waals surface area contributed by atoms with E-state index in [1.54, 1.807) is 47.4 Å². The summed E-state index contributed by atoms with van der Waals surface area (Å²) in [6.07, 6.45) is 3.20. The topological polar surface area (TPSA) is 66.1 Å². The summed E-state index contributed by atoms with van der Waals surface area (Å²) in [5.74, 6) is -0.0330. The van der Waals surface area contributed by atoms with Crippen LogP contribution in [0.2, 0.25) is 0 Å². The van der Waals surface area contributed by atoms with E-state index in [9.17, 15) is 14.0 Å². The minimum atomic E-state index is -0.273. The molecule has 0 atom stereocenters. The van der Waals surface area contributed by atoms with E-state index < -0.39 is 0 Å². The number of halogens is 1. The van der Waals surface area contributed by atoms with E-state index >= 15 is 0 Å². The lowest BCUT2D eigenvalue weighted by Crippen LogP contribution is -2.30. The highest BCUT2D eigenvalue weighted by Gasteiger charge is 2.13. The smallest absolute Gasteiger partial charge is 0.258 e. The van der Waals surface area contributed by atoms with Crippen molar-refractivity contribution in [3.05, 3.63) is 93.6 Å². The minimum absolute atomic E-state index is 0.195. The number of amides is 1. The number of nitrogens with zero attached hydrogens (tertiary/aromatic N) is 2. The molecular weight excluding hydrogens is 413 g/mol. The van der Waals surface area contributed by atoms with Gasteiger partial charge in [-0.1, -0.05) is 30.3 Å². The van der Waals surface area contributed by atoms with Gasteiger partial charge < -0.3 is 9.88 Å². The number of hydrogen-bond acceptors (Lipinski definition) is 4. The SMILES string of the molecule is CCN(Cc1nc2ccccc2c(=O)[nH]1)C(=O)C=Cc1ccc(-c2ccccc2F)s1. The molecule has 0 aliphatic heterocycles. The van der Waals surface area contributed by atoms with Gasteiger partial charge in [0.15, 0.2) is 0 Å². The van der Waals surface area contributed by atoms with Crippen LogP contribution in [0, 0.1) is 5.82 Å². The third kappa shape index (κ3) is 4.62. The molecule has 0 bridgehead atoms. The fraction of sp³-hybridized carbons (Fsp3) is 0.125. The van der Waals surface area contributed by atoms with E-state index in [-0.39, 0.29) is 23.8 Å². The Bertz CT molecular complexity index is 1330. The summed E-state index contributed by atoms with van der Waals surface area (Å²) in [5.41, 5.74) is 0.915. The molecule has 0 unspecified atom stereocenters. The van der Waals surface area contributed by atoms with Gasteiger partial charge in [-0.15, -0.1) is 11.3 Å². The molecule has 2 heterocycles. The van der Waals surface area contributed by atoms with Crippen LogP contribution in [-0.4, -0.2) is 27.3 Å². The molecule has 1 N–H and O–H groups in total. The second-order valence-electron chi connectivity index (χ2n) is 6.90. The first-order chi connectivity index (χ1) is 15.0. The van der Waals surface area contributed by atoms with Gasteiger partial charge in [-0.05, 0) is 43.3 Å². The Morgan fingerprint density at radius 1 is 1.13 bits per heavy atom. The zero-order chi connectivity index (χ0) is 21.8. The van der Waals surface area contributed by atoms with E-state index in [0.717, 1.165) is 9.75 Å². The predicted molar refractivity (Wildman–Crippen MR) is 122 cm³/mol. The molecule has 0 spiro atoms. The van der Waals surface area contributed by atoms with Crippen molar-refractivity contribution in [2.75, 3.05) is 6.54 Å². The van der Waals surface area contributed by atoms with Crippen molar-refractivity contribution in [3.63, 3.8) is 0 Å².